The fraction of sp³-hybridized carbons (Fsp3) is 0.353. The van der Waals surface area contributed by atoms with Gasteiger partial charge in [0, 0.05) is 15.8 Å². The Labute approximate surface area is 179 Å². The van der Waals surface area contributed by atoms with Crippen LogP contribution in [0, 0.1) is 0 Å². The molecule has 0 aliphatic carbocycles. The molecule has 3 aromatic rings. The molecule has 3 heterocycles. The quantitative estimate of drug-likeness (QED) is 0.332. The first-order valence-electron chi connectivity index (χ1n) is 8.58. The molecule has 29 heavy (non-hydrogen) atoms. The molecule has 0 saturated carbocycles. The third kappa shape index (κ3) is 3.89. The highest BCUT2D eigenvalue weighted by Gasteiger charge is 2.44. The first kappa shape index (κ1) is 20.6. The van der Waals surface area contributed by atoms with Gasteiger partial charge in [0.15, 0.2) is 22.8 Å². The van der Waals surface area contributed by atoms with E-state index in [1.807, 2.05) is 6.07 Å². The second-order valence-corrected chi connectivity index (χ2v) is 8.25. The van der Waals surface area contributed by atoms with Crippen LogP contribution in [0.25, 0.3) is 11.2 Å². The Balaban J connectivity index is 1.63. The maximum absolute atomic E-state index is 10.3. The Morgan fingerprint density at radius 3 is 2.69 bits per heavy atom. The van der Waals surface area contributed by atoms with Crippen molar-refractivity contribution in [1.29, 1.82) is 0 Å². The van der Waals surface area contributed by atoms with Crippen LogP contribution in [0.3, 0.4) is 0 Å². The number of fused-ring (bicyclic) bond motifs is 1. The number of nitrogens with two attached hydrogens (primary N) is 1. The van der Waals surface area contributed by atoms with Gasteiger partial charge in [0.25, 0.3) is 0 Å². The Morgan fingerprint density at radius 1 is 1.21 bits per heavy atom. The van der Waals surface area contributed by atoms with Crippen molar-refractivity contribution in [2.24, 2.45) is 0 Å². The molecule has 2 aromatic heterocycles. The van der Waals surface area contributed by atoms with Crippen LogP contribution < -0.4 is 5.73 Å². The molecular weight excluding hydrogens is 441 g/mol. The summed E-state index contributed by atoms with van der Waals surface area (Å²) in [6, 6.07) is 5.23. The minimum absolute atomic E-state index is 0.171. The third-order valence-electron chi connectivity index (χ3n) is 4.59. The lowest BCUT2D eigenvalue weighted by atomic mass is 10.1. The van der Waals surface area contributed by atoms with Crippen LogP contribution in [0.1, 0.15) is 11.8 Å². The summed E-state index contributed by atoms with van der Waals surface area (Å²) >= 11 is 13.4. The van der Waals surface area contributed by atoms with E-state index in [0.29, 0.717) is 32.1 Å². The van der Waals surface area contributed by atoms with E-state index in [1.54, 1.807) is 12.1 Å². The number of ether oxygens (including phenoxy) is 1. The van der Waals surface area contributed by atoms with Gasteiger partial charge in [0.05, 0.1) is 12.9 Å². The summed E-state index contributed by atoms with van der Waals surface area (Å²) in [6.45, 7) is -0.429. The zero-order chi connectivity index (χ0) is 20.7. The predicted octanol–water partition coefficient (Wildman–Crippen LogP) is 1.62. The van der Waals surface area contributed by atoms with Crippen molar-refractivity contribution in [1.82, 2.24) is 19.5 Å². The van der Waals surface area contributed by atoms with Gasteiger partial charge >= 0.3 is 0 Å². The Bertz CT molecular complexity index is 1050. The number of aliphatic hydroxyl groups is 3. The monoisotopic (exact) mass is 457 g/mol. The van der Waals surface area contributed by atoms with Gasteiger partial charge in [-0.25, -0.2) is 15.0 Å². The average Bonchev–Trinajstić information content (AvgIpc) is 3.23. The van der Waals surface area contributed by atoms with Crippen molar-refractivity contribution in [3.8, 4) is 0 Å². The van der Waals surface area contributed by atoms with Gasteiger partial charge in [-0.15, -0.1) is 0 Å². The summed E-state index contributed by atoms with van der Waals surface area (Å²) in [5.41, 5.74) is 7.58. The summed E-state index contributed by atoms with van der Waals surface area (Å²) < 4.78 is 7.03. The van der Waals surface area contributed by atoms with Gasteiger partial charge in [0.2, 0.25) is 0 Å². The highest BCUT2D eigenvalue weighted by molar-refractivity contribution is 7.98. The molecule has 154 valence electrons. The zero-order valence-electron chi connectivity index (χ0n) is 14.8. The van der Waals surface area contributed by atoms with Crippen LogP contribution in [-0.2, 0) is 10.5 Å². The van der Waals surface area contributed by atoms with Crippen molar-refractivity contribution in [2.45, 2.75) is 35.4 Å². The molecule has 4 atom stereocenters. The van der Waals surface area contributed by atoms with Gasteiger partial charge in [-0.3, -0.25) is 4.57 Å². The molecule has 1 aliphatic heterocycles. The summed E-state index contributed by atoms with van der Waals surface area (Å²) in [5, 5.41) is 31.1. The first-order valence-corrected chi connectivity index (χ1v) is 10.3. The standard InChI is InChI=1S/C17H17Cl2N5O4S/c18-8-2-1-7(9(19)3-8)5-29-17-22-14(20)11-15(23-17)24(6-21-11)16-13(27)12(26)10(4-25)28-16/h1-3,6,10,12-13,16,25-27H,4-5H2,(H2,20,22,23)/t10-,12?,13+,16-/m1/s1. The first-order chi connectivity index (χ1) is 13.9. The minimum atomic E-state index is -1.26. The van der Waals surface area contributed by atoms with E-state index in [1.165, 1.54) is 22.7 Å². The van der Waals surface area contributed by atoms with E-state index >= 15 is 0 Å². The number of thioether (sulfide) groups is 1. The number of imidazole rings is 1. The molecular formula is C17H17Cl2N5O4S. The van der Waals surface area contributed by atoms with Gasteiger partial charge in [-0.1, -0.05) is 41.0 Å². The number of rotatable bonds is 5. The summed E-state index contributed by atoms with van der Waals surface area (Å²) in [6.07, 6.45) is -2.97. The van der Waals surface area contributed by atoms with Crippen LogP contribution in [0.5, 0.6) is 0 Å². The molecule has 1 unspecified atom stereocenters. The second-order valence-electron chi connectivity index (χ2n) is 6.47. The largest absolute Gasteiger partial charge is 0.394 e. The van der Waals surface area contributed by atoms with E-state index < -0.39 is 31.1 Å². The summed E-state index contributed by atoms with van der Waals surface area (Å²) in [4.78, 5) is 12.9. The lowest BCUT2D eigenvalue weighted by Crippen LogP contribution is -2.33. The molecule has 0 spiro atoms. The molecule has 9 nitrogen and oxygen atoms in total. The maximum Gasteiger partial charge on any atom is 0.191 e. The molecule has 1 aliphatic rings. The van der Waals surface area contributed by atoms with Crippen molar-refractivity contribution >= 4 is 51.9 Å². The lowest BCUT2D eigenvalue weighted by molar-refractivity contribution is -0.0511. The molecule has 5 N–H and O–H groups in total. The van der Waals surface area contributed by atoms with Crippen molar-refractivity contribution in [3.63, 3.8) is 0 Å². The second kappa shape index (κ2) is 8.23. The Hall–Kier alpha value is -1.66. The molecule has 4 rings (SSSR count). The topological polar surface area (TPSA) is 140 Å². The fourth-order valence-corrected chi connectivity index (χ4v) is 4.46. The van der Waals surface area contributed by atoms with Crippen LogP contribution >= 0.6 is 35.0 Å². The molecule has 12 heteroatoms. The van der Waals surface area contributed by atoms with E-state index in [4.69, 9.17) is 33.7 Å². The highest BCUT2D eigenvalue weighted by atomic mass is 35.5. The van der Waals surface area contributed by atoms with E-state index in [-0.39, 0.29) is 5.82 Å². The fourth-order valence-electron chi connectivity index (χ4n) is 3.06. The number of halogens is 2. The van der Waals surface area contributed by atoms with Crippen molar-refractivity contribution < 1.29 is 20.1 Å². The van der Waals surface area contributed by atoms with Crippen LogP contribution in [0.4, 0.5) is 5.82 Å². The zero-order valence-corrected chi connectivity index (χ0v) is 17.1. The SMILES string of the molecule is Nc1nc(SCc2ccc(Cl)cc2Cl)nc2c1ncn2[C@@H]1O[C@H](CO)C(O)[C@@H]1O. The maximum atomic E-state index is 10.3. The van der Waals surface area contributed by atoms with Crippen molar-refractivity contribution in [3.05, 3.63) is 40.1 Å². The van der Waals surface area contributed by atoms with Gasteiger partial charge in [-0.05, 0) is 17.7 Å². The van der Waals surface area contributed by atoms with Crippen molar-refractivity contribution in [2.75, 3.05) is 12.3 Å². The Morgan fingerprint density at radius 2 is 2.00 bits per heavy atom. The lowest BCUT2D eigenvalue weighted by Gasteiger charge is -2.16. The molecule has 1 fully saturated rings. The molecule has 0 bridgehead atoms. The molecule has 0 amide bonds. The molecule has 1 aromatic carbocycles. The van der Waals surface area contributed by atoms with E-state index in [0.717, 1.165) is 5.56 Å². The summed E-state index contributed by atoms with van der Waals surface area (Å²) in [5.74, 6) is 0.661. The van der Waals surface area contributed by atoms with Gasteiger partial charge in [-0.2, -0.15) is 0 Å². The number of benzene rings is 1. The smallest absolute Gasteiger partial charge is 0.191 e. The van der Waals surface area contributed by atoms with Crippen LogP contribution in [0.15, 0.2) is 29.7 Å². The number of anilines is 1. The number of aromatic nitrogens is 4. The van der Waals surface area contributed by atoms with Crippen LogP contribution in [0.2, 0.25) is 10.0 Å². The average molecular weight is 458 g/mol. The Kier molecular flexibility index (Phi) is 5.85. The third-order valence-corrected chi connectivity index (χ3v) is 6.07. The van der Waals surface area contributed by atoms with Gasteiger partial charge < -0.3 is 25.8 Å². The highest BCUT2D eigenvalue weighted by Crippen LogP contribution is 2.33. The number of hydrogen-bond acceptors (Lipinski definition) is 9. The minimum Gasteiger partial charge on any atom is -0.394 e. The van der Waals surface area contributed by atoms with Crippen LogP contribution in [-0.4, -0.2) is 59.8 Å². The number of nitrogens with zero attached hydrogens (tertiary/aromatic N) is 4. The number of nitrogen functional groups attached to an aromatic ring is 1. The summed E-state index contributed by atoms with van der Waals surface area (Å²) in [7, 11) is 0. The van der Waals surface area contributed by atoms with E-state index in [2.05, 4.69) is 15.0 Å². The number of hydrogen-bond donors (Lipinski definition) is 4. The normalized spacial score (nSPS) is 24.4. The number of aliphatic hydroxyl groups excluding tert-OH is 3. The molecule has 1 saturated heterocycles. The molecule has 0 radical (unpaired) electrons. The van der Waals surface area contributed by atoms with E-state index in [9.17, 15) is 15.3 Å². The van der Waals surface area contributed by atoms with Gasteiger partial charge in [0.1, 0.15) is 23.8 Å². The predicted molar refractivity (Wildman–Crippen MR) is 109 cm³/mol.